The van der Waals surface area contributed by atoms with Crippen LogP contribution < -0.4 is 5.32 Å². The van der Waals surface area contributed by atoms with E-state index >= 15 is 0 Å². The summed E-state index contributed by atoms with van der Waals surface area (Å²) in [6, 6.07) is 6.96. The van der Waals surface area contributed by atoms with Crippen LogP contribution in [0.4, 0.5) is 5.88 Å². The third-order valence-electron chi connectivity index (χ3n) is 3.43. The summed E-state index contributed by atoms with van der Waals surface area (Å²) >= 11 is 5.89. The molecule has 136 valence electrons. The first-order chi connectivity index (χ1) is 12.3. The summed E-state index contributed by atoms with van der Waals surface area (Å²) in [5.41, 5.74) is 0.747. The van der Waals surface area contributed by atoms with E-state index in [1.165, 1.54) is 19.9 Å². The Morgan fingerprint density at radius 1 is 1.27 bits per heavy atom. The second-order valence-corrected chi connectivity index (χ2v) is 5.83. The Balaban J connectivity index is 2.28. The van der Waals surface area contributed by atoms with E-state index < -0.39 is 11.9 Å². The maximum absolute atomic E-state index is 12.2. The van der Waals surface area contributed by atoms with E-state index in [4.69, 9.17) is 20.8 Å². The van der Waals surface area contributed by atoms with E-state index in [2.05, 4.69) is 5.32 Å². The molecule has 0 aliphatic rings. The first-order valence-electron chi connectivity index (χ1n) is 7.89. The number of anilines is 1. The van der Waals surface area contributed by atoms with Gasteiger partial charge in [-0.3, -0.25) is 14.9 Å². The van der Waals surface area contributed by atoms with Gasteiger partial charge < -0.3 is 9.15 Å². The van der Waals surface area contributed by atoms with Crippen LogP contribution in [-0.2, 0) is 9.53 Å². The lowest BCUT2D eigenvalue weighted by molar-refractivity contribution is -0.111. The van der Waals surface area contributed by atoms with Crippen LogP contribution in [0.1, 0.15) is 45.9 Å². The zero-order chi connectivity index (χ0) is 19.3. The van der Waals surface area contributed by atoms with Crippen LogP contribution in [-0.4, -0.2) is 24.3 Å². The maximum Gasteiger partial charge on any atom is 0.344 e. The van der Waals surface area contributed by atoms with Crippen LogP contribution in [0.3, 0.4) is 0 Å². The third kappa shape index (κ3) is 4.61. The Hall–Kier alpha value is -2.86. The highest BCUT2D eigenvalue weighted by Gasteiger charge is 2.28. The van der Waals surface area contributed by atoms with Crippen molar-refractivity contribution in [2.45, 2.75) is 20.8 Å². The molecule has 0 radical (unpaired) electrons. The molecule has 1 aromatic heterocycles. The molecule has 1 aromatic carbocycles. The molecule has 0 unspecified atom stereocenters. The Morgan fingerprint density at radius 3 is 2.62 bits per heavy atom. The quantitative estimate of drug-likeness (QED) is 0.463. The zero-order valence-corrected chi connectivity index (χ0v) is 15.3. The Kier molecular flexibility index (Phi) is 6.36. The molecule has 0 saturated carbocycles. The Morgan fingerprint density at radius 2 is 2.00 bits per heavy atom. The van der Waals surface area contributed by atoms with E-state index in [0.29, 0.717) is 5.02 Å². The topological polar surface area (TPSA) is 85.6 Å². The lowest BCUT2D eigenvalue weighted by atomic mass is 10.1. The summed E-state index contributed by atoms with van der Waals surface area (Å²) in [5.74, 6) is -1.51. The minimum Gasteiger partial charge on any atom is -0.462 e. The lowest BCUT2D eigenvalue weighted by Crippen LogP contribution is -2.14. The highest BCUT2D eigenvalue weighted by molar-refractivity contribution is 6.30. The van der Waals surface area contributed by atoms with Crippen molar-refractivity contribution >= 4 is 41.2 Å². The highest BCUT2D eigenvalue weighted by atomic mass is 35.5. The van der Waals surface area contributed by atoms with Gasteiger partial charge in [0, 0.05) is 11.1 Å². The molecule has 1 heterocycles. The van der Waals surface area contributed by atoms with Crippen molar-refractivity contribution in [1.29, 1.82) is 0 Å². The summed E-state index contributed by atoms with van der Waals surface area (Å²) in [6.07, 6.45) is 2.83. The van der Waals surface area contributed by atoms with E-state index in [-0.39, 0.29) is 35.2 Å². The molecule has 2 rings (SSSR count). The van der Waals surface area contributed by atoms with Gasteiger partial charge in [0.15, 0.2) is 5.78 Å². The first kappa shape index (κ1) is 19.5. The normalized spacial score (nSPS) is 10.8. The molecular weight excluding hydrogens is 358 g/mol. The average Bonchev–Trinajstić information content (AvgIpc) is 2.89. The number of hydrogen-bond donors (Lipinski definition) is 1. The number of ketones is 1. The molecule has 6 nitrogen and oxygen atoms in total. The number of ether oxygens (including phenoxy) is 1. The van der Waals surface area contributed by atoms with Gasteiger partial charge in [0.1, 0.15) is 11.3 Å². The van der Waals surface area contributed by atoms with Gasteiger partial charge >= 0.3 is 5.97 Å². The van der Waals surface area contributed by atoms with Crippen molar-refractivity contribution in [3.05, 3.63) is 57.8 Å². The van der Waals surface area contributed by atoms with Crippen molar-refractivity contribution in [3.8, 4) is 0 Å². The van der Waals surface area contributed by atoms with Gasteiger partial charge in [-0.25, -0.2) is 4.79 Å². The molecule has 0 fully saturated rings. The van der Waals surface area contributed by atoms with E-state index in [9.17, 15) is 14.4 Å². The first-order valence-corrected chi connectivity index (χ1v) is 8.27. The van der Waals surface area contributed by atoms with Crippen LogP contribution in [0, 0.1) is 6.92 Å². The standard InChI is InChI=1S/C19H18ClNO5/c1-4-25-19(24)17-16(11(2)22)12(3)26-18(17)21-15(23)9-8-13-6-5-7-14(20)10-13/h5-10H,4H2,1-3H3,(H,21,23)/b9-8+. The predicted octanol–water partition coefficient (Wildman–Crippen LogP) is 4.27. The molecule has 7 heteroatoms. The fourth-order valence-corrected chi connectivity index (χ4v) is 2.59. The van der Waals surface area contributed by atoms with Crippen LogP contribution in [0.25, 0.3) is 6.08 Å². The summed E-state index contributed by atoms with van der Waals surface area (Å²) in [5, 5.41) is 3.02. The van der Waals surface area contributed by atoms with E-state index in [1.54, 1.807) is 37.3 Å². The summed E-state index contributed by atoms with van der Waals surface area (Å²) in [7, 11) is 0. The van der Waals surface area contributed by atoms with Gasteiger partial charge in [-0.1, -0.05) is 23.7 Å². The fraction of sp³-hybridized carbons (Fsp3) is 0.211. The van der Waals surface area contributed by atoms with Gasteiger partial charge in [0.2, 0.25) is 5.88 Å². The molecule has 2 aromatic rings. The second-order valence-electron chi connectivity index (χ2n) is 5.39. The number of carbonyl (C=O) groups is 3. The number of nitrogens with one attached hydrogen (secondary N) is 1. The molecule has 0 atom stereocenters. The van der Waals surface area contributed by atoms with Crippen molar-refractivity contribution in [1.82, 2.24) is 0 Å². The highest BCUT2D eigenvalue weighted by Crippen LogP contribution is 2.28. The largest absolute Gasteiger partial charge is 0.462 e. The molecule has 0 aliphatic heterocycles. The number of esters is 1. The van der Waals surface area contributed by atoms with Crippen molar-refractivity contribution in [3.63, 3.8) is 0 Å². The summed E-state index contributed by atoms with van der Waals surface area (Å²) < 4.78 is 10.4. The molecule has 1 amide bonds. The average molecular weight is 376 g/mol. The van der Waals surface area contributed by atoms with E-state index in [0.717, 1.165) is 5.56 Å². The lowest BCUT2D eigenvalue weighted by Gasteiger charge is -2.04. The number of halogens is 1. The third-order valence-corrected chi connectivity index (χ3v) is 3.66. The fourth-order valence-electron chi connectivity index (χ4n) is 2.39. The number of Topliss-reactive ketones (excluding diaryl/α,β-unsaturated/α-hetero) is 1. The van der Waals surface area contributed by atoms with Crippen LogP contribution in [0.15, 0.2) is 34.8 Å². The van der Waals surface area contributed by atoms with Gasteiger partial charge in [-0.05, 0) is 44.5 Å². The molecule has 0 saturated heterocycles. The number of furan rings is 1. The number of benzene rings is 1. The minimum atomic E-state index is -0.733. The van der Waals surface area contributed by atoms with Gasteiger partial charge in [0.05, 0.1) is 12.2 Å². The Labute approximate surface area is 155 Å². The van der Waals surface area contributed by atoms with Crippen LogP contribution in [0.2, 0.25) is 5.02 Å². The smallest absolute Gasteiger partial charge is 0.344 e. The number of carbonyl (C=O) groups excluding carboxylic acids is 3. The molecule has 0 bridgehead atoms. The number of aryl methyl sites for hydroxylation is 1. The minimum absolute atomic E-state index is 0.0821. The zero-order valence-electron chi connectivity index (χ0n) is 14.6. The Bertz CT molecular complexity index is 882. The SMILES string of the molecule is CCOC(=O)c1c(NC(=O)/C=C/c2cccc(Cl)c2)oc(C)c1C(C)=O. The molecule has 0 aliphatic carbocycles. The number of rotatable bonds is 6. The van der Waals surface area contributed by atoms with Gasteiger partial charge in [-0.2, -0.15) is 0 Å². The van der Waals surface area contributed by atoms with Crippen LogP contribution in [0.5, 0.6) is 0 Å². The molecule has 1 N–H and O–H groups in total. The van der Waals surface area contributed by atoms with Crippen molar-refractivity contribution < 1.29 is 23.5 Å². The predicted molar refractivity (Wildman–Crippen MR) is 98.5 cm³/mol. The molecule has 26 heavy (non-hydrogen) atoms. The van der Waals surface area contributed by atoms with Crippen molar-refractivity contribution in [2.24, 2.45) is 0 Å². The monoisotopic (exact) mass is 375 g/mol. The summed E-state index contributed by atoms with van der Waals surface area (Å²) in [4.78, 5) is 36.2. The molecular formula is C19H18ClNO5. The molecule has 0 spiro atoms. The number of hydrogen-bond acceptors (Lipinski definition) is 5. The second kappa shape index (κ2) is 8.49. The van der Waals surface area contributed by atoms with E-state index in [1.807, 2.05) is 0 Å². The van der Waals surface area contributed by atoms with Gasteiger partial charge in [0.25, 0.3) is 5.91 Å². The number of amides is 1. The maximum atomic E-state index is 12.2. The summed E-state index contributed by atoms with van der Waals surface area (Å²) in [6.45, 7) is 4.62. The van der Waals surface area contributed by atoms with Crippen molar-refractivity contribution in [2.75, 3.05) is 11.9 Å². The van der Waals surface area contributed by atoms with Gasteiger partial charge in [-0.15, -0.1) is 0 Å². The van der Waals surface area contributed by atoms with Crippen LogP contribution >= 0.6 is 11.6 Å².